The quantitative estimate of drug-likeness (QED) is 0.862. The summed E-state index contributed by atoms with van der Waals surface area (Å²) in [6.07, 6.45) is 1.47. The molecule has 1 saturated heterocycles. The van der Waals surface area contributed by atoms with Gasteiger partial charge < -0.3 is 14.7 Å². The largest absolute Gasteiger partial charge is 0.396 e. The summed E-state index contributed by atoms with van der Waals surface area (Å²) in [5, 5.41) is 12.3. The Kier molecular flexibility index (Phi) is 4.19. The minimum absolute atomic E-state index is 0.0298. The van der Waals surface area contributed by atoms with Gasteiger partial charge in [-0.05, 0) is 30.9 Å². The zero-order valence-corrected chi connectivity index (χ0v) is 13.8. The number of benzene rings is 1. The predicted molar refractivity (Wildman–Crippen MR) is 90.8 cm³/mol. The number of aliphatic hydroxyl groups is 1. The summed E-state index contributed by atoms with van der Waals surface area (Å²) in [7, 11) is 0. The molecule has 2 heterocycles. The summed E-state index contributed by atoms with van der Waals surface area (Å²) < 4.78 is 7.14. The van der Waals surface area contributed by atoms with Crippen molar-refractivity contribution < 1.29 is 14.6 Å². The maximum atomic E-state index is 13.0. The fourth-order valence-corrected chi connectivity index (χ4v) is 3.88. The maximum Gasteiger partial charge on any atom is 0.272 e. The fourth-order valence-electron chi connectivity index (χ4n) is 3.88. The van der Waals surface area contributed by atoms with Gasteiger partial charge >= 0.3 is 0 Å². The summed E-state index contributed by atoms with van der Waals surface area (Å²) in [4.78, 5) is 27.0. The molecule has 1 aromatic carbocycles. The number of amides is 1. The number of carbonyl (C=O) groups is 1. The van der Waals surface area contributed by atoms with Gasteiger partial charge in [0.15, 0.2) is 0 Å². The van der Waals surface area contributed by atoms with Crippen LogP contribution in [0.15, 0.2) is 41.2 Å². The van der Waals surface area contributed by atoms with Crippen molar-refractivity contribution in [1.82, 2.24) is 14.7 Å². The van der Waals surface area contributed by atoms with E-state index < -0.39 is 0 Å². The molecule has 7 nitrogen and oxygen atoms in total. The molecular weight excluding hydrogens is 322 g/mol. The Bertz CT molecular complexity index is 813. The molecule has 1 aliphatic carbocycles. The van der Waals surface area contributed by atoms with Gasteiger partial charge in [-0.2, -0.15) is 0 Å². The Morgan fingerprint density at radius 2 is 2.08 bits per heavy atom. The average molecular weight is 343 g/mol. The van der Waals surface area contributed by atoms with Crippen molar-refractivity contribution in [3.8, 4) is 5.69 Å². The summed E-state index contributed by atoms with van der Waals surface area (Å²) >= 11 is 0. The number of ether oxygens (including phenoxy) is 1. The number of hydrogen-bond donors (Lipinski definition) is 2. The highest BCUT2D eigenvalue weighted by atomic mass is 16.5. The first-order chi connectivity index (χ1) is 12.2. The van der Waals surface area contributed by atoms with Crippen molar-refractivity contribution >= 4 is 5.91 Å². The lowest BCUT2D eigenvalue weighted by Crippen LogP contribution is -2.51. The molecule has 2 aromatic rings. The van der Waals surface area contributed by atoms with Crippen molar-refractivity contribution in [3.05, 3.63) is 52.4 Å². The lowest BCUT2D eigenvalue weighted by atomic mass is 10.1. The van der Waals surface area contributed by atoms with E-state index in [1.807, 2.05) is 18.2 Å². The van der Waals surface area contributed by atoms with E-state index in [4.69, 9.17) is 4.74 Å². The van der Waals surface area contributed by atoms with Gasteiger partial charge in [0.1, 0.15) is 5.69 Å². The number of carbonyl (C=O) groups excluding carboxylic acids is 1. The molecule has 7 heteroatoms. The Hall–Kier alpha value is -2.38. The highest BCUT2D eigenvalue weighted by Gasteiger charge is 2.43. The molecule has 3 atom stereocenters. The third-order valence-corrected chi connectivity index (χ3v) is 5.12. The van der Waals surface area contributed by atoms with Crippen LogP contribution in [-0.2, 0) is 4.74 Å². The molecule has 1 saturated carbocycles. The molecule has 2 N–H and O–H groups in total. The Morgan fingerprint density at radius 3 is 2.84 bits per heavy atom. The van der Waals surface area contributed by atoms with Crippen LogP contribution in [0.1, 0.15) is 23.3 Å². The lowest BCUT2D eigenvalue weighted by Gasteiger charge is -2.37. The van der Waals surface area contributed by atoms with Gasteiger partial charge in [0, 0.05) is 19.2 Å². The first-order valence-corrected chi connectivity index (χ1v) is 8.58. The van der Waals surface area contributed by atoms with Gasteiger partial charge in [-0.1, -0.05) is 18.2 Å². The Morgan fingerprint density at radius 1 is 1.28 bits per heavy atom. The van der Waals surface area contributed by atoms with Gasteiger partial charge in [0.25, 0.3) is 11.5 Å². The number of aliphatic hydroxyl groups excluding tert-OH is 1. The summed E-state index contributed by atoms with van der Waals surface area (Å²) in [5.41, 5.74) is 0.702. The van der Waals surface area contributed by atoms with Crippen LogP contribution in [0, 0.1) is 5.92 Å². The van der Waals surface area contributed by atoms with Crippen molar-refractivity contribution in [2.45, 2.75) is 25.0 Å². The van der Waals surface area contributed by atoms with E-state index in [2.05, 4.69) is 5.10 Å². The number of nitrogens with zero attached hydrogens (tertiary/aromatic N) is 2. The minimum Gasteiger partial charge on any atom is -0.396 e. The number of fused-ring (bicyclic) bond motifs is 1. The van der Waals surface area contributed by atoms with E-state index in [1.54, 1.807) is 17.0 Å². The van der Waals surface area contributed by atoms with Crippen molar-refractivity contribution in [1.29, 1.82) is 0 Å². The first kappa shape index (κ1) is 16.1. The predicted octanol–water partition coefficient (Wildman–Crippen LogP) is 0.777. The second-order valence-electron chi connectivity index (χ2n) is 6.67. The summed E-state index contributed by atoms with van der Waals surface area (Å²) in [6.45, 7) is 1.09. The van der Waals surface area contributed by atoms with E-state index in [0.29, 0.717) is 18.8 Å². The molecule has 1 aromatic heterocycles. The van der Waals surface area contributed by atoms with E-state index in [0.717, 1.165) is 12.8 Å². The molecule has 2 aliphatic rings. The third-order valence-electron chi connectivity index (χ3n) is 5.12. The highest BCUT2D eigenvalue weighted by Crippen LogP contribution is 2.34. The average Bonchev–Trinajstić information content (AvgIpc) is 3.24. The van der Waals surface area contributed by atoms with Crippen LogP contribution in [0.2, 0.25) is 0 Å². The fraction of sp³-hybridized carbons (Fsp3) is 0.444. The number of hydrogen-bond acceptors (Lipinski definition) is 4. The van der Waals surface area contributed by atoms with E-state index >= 15 is 0 Å². The van der Waals surface area contributed by atoms with Crippen molar-refractivity contribution in [2.24, 2.45) is 5.92 Å². The number of morpholine rings is 1. The van der Waals surface area contributed by atoms with Crippen LogP contribution in [-0.4, -0.2) is 57.6 Å². The molecule has 0 radical (unpaired) electrons. The van der Waals surface area contributed by atoms with Gasteiger partial charge in [0.05, 0.1) is 24.4 Å². The van der Waals surface area contributed by atoms with Crippen molar-refractivity contribution in [3.63, 3.8) is 0 Å². The first-order valence-electron chi connectivity index (χ1n) is 8.58. The van der Waals surface area contributed by atoms with Crippen LogP contribution >= 0.6 is 0 Å². The molecule has 1 aliphatic heterocycles. The second-order valence-corrected chi connectivity index (χ2v) is 6.67. The molecule has 4 rings (SSSR count). The summed E-state index contributed by atoms with van der Waals surface area (Å²) in [5.74, 6) is -0.0277. The second kappa shape index (κ2) is 6.50. The van der Waals surface area contributed by atoms with Crippen LogP contribution in [0.5, 0.6) is 0 Å². The Labute approximate surface area is 144 Å². The SMILES string of the molecule is O=C(c1cc(=O)n(-c2ccccc2)[nH]1)N1CCOC2C[C@H](CO)C[C@@H]21. The summed E-state index contributed by atoms with van der Waals surface area (Å²) in [6, 6.07) is 10.5. The number of nitrogens with one attached hydrogen (secondary N) is 1. The lowest BCUT2D eigenvalue weighted by molar-refractivity contribution is -0.0450. The molecule has 2 fully saturated rings. The molecule has 0 bridgehead atoms. The number of rotatable bonds is 3. The van der Waals surface area contributed by atoms with Crippen LogP contribution in [0.25, 0.3) is 5.69 Å². The number of H-pyrrole nitrogens is 1. The molecular formula is C18H21N3O4. The smallest absolute Gasteiger partial charge is 0.272 e. The number of aromatic nitrogens is 2. The number of para-hydroxylation sites is 1. The van der Waals surface area contributed by atoms with Crippen LogP contribution in [0.4, 0.5) is 0 Å². The van der Waals surface area contributed by atoms with E-state index in [9.17, 15) is 14.7 Å². The zero-order chi connectivity index (χ0) is 17.4. The van der Waals surface area contributed by atoms with Crippen LogP contribution < -0.4 is 5.56 Å². The van der Waals surface area contributed by atoms with Gasteiger partial charge in [-0.15, -0.1) is 0 Å². The van der Waals surface area contributed by atoms with Gasteiger partial charge in [-0.3, -0.25) is 14.7 Å². The molecule has 25 heavy (non-hydrogen) atoms. The highest BCUT2D eigenvalue weighted by molar-refractivity contribution is 5.92. The topological polar surface area (TPSA) is 87.6 Å². The molecule has 1 unspecified atom stereocenters. The molecule has 0 spiro atoms. The minimum atomic E-state index is -0.265. The van der Waals surface area contributed by atoms with E-state index in [1.165, 1.54) is 10.7 Å². The molecule has 1 amide bonds. The normalized spacial score (nSPS) is 25.8. The third kappa shape index (κ3) is 2.89. The van der Waals surface area contributed by atoms with E-state index in [-0.39, 0.29) is 41.8 Å². The molecule has 132 valence electrons. The monoisotopic (exact) mass is 343 g/mol. The standard InChI is InChI=1S/C18H21N3O4/c22-11-12-8-15-16(9-12)25-7-6-20(15)18(24)14-10-17(23)21(19-14)13-4-2-1-3-5-13/h1-5,10,12,15-16,19,22H,6-9,11H2/t12-,15+,16?/m1/s1. The van der Waals surface area contributed by atoms with Crippen LogP contribution in [0.3, 0.4) is 0 Å². The maximum absolute atomic E-state index is 13.0. The van der Waals surface area contributed by atoms with Crippen molar-refractivity contribution in [2.75, 3.05) is 19.8 Å². The zero-order valence-electron chi connectivity index (χ0n) is 13.8. The van der Waals surface area contributed by atoms with Gasteiger partial charge in [0.2, 0.25) is 0 Å². The Balaban J connectivity index is 1.60. The van der Waals surface area contributed by atoms with Gasteiger partial charge in [-0.25, -0.2) is 4.68 Å². The number of aromatic amines is 1.